The first-order chi connectivity index (χ1) is 18.3. The molecule has 3 aromatic carbocycles. The Morgan fingerprint density at radius 1 is 0.842 bits per heavy atom. The molecule has 11 heteroatoms. The maximum atomic E-state index is 13.0. The Labute approximate surface area is 224 Å². The molecule has 2 heterocycles. The van der Waals surface area contributed by atoms with Gasteiger partial charge in [-0.05, 0) is 60.7 Å². The van der Waals surface area contributed by atoms with Crippen LogP contribution in [-0.4, -0.2) is 61.4 Å². The highest BCUT2D eigenvalue weighted by Gasteiger charge is 2.26. The van der Waals surface area contributed by atoms with E-state index in [1.54, 1.807) is 88.8 Å². The van der Waals surface area contributed by atoms with Crippen molar-refractivity contribution in [2.24, 2.45) is 0 Å². The van der Waals surface area contributed by atoms with Gasteiger partial charge in [0.05, 0.1) is 5.52 Å². The van der Waals surface area contributed by atoms with Crippen molar-refractivity contribution in [2.75, 3.05) is 30.9 Å². The third-order valence-electron chi connectivity index (χ3n) is 6.11. The number of carbonyl (C=O) groups excluding carboxylic acids is 2. The van der Waals surface area contributed by atoms with Crippen LogP contribution in [0.5, 0.6) is 5.75 Å². The van der Waals surface area contributed by atoms with Gasteiger partial charge in [-0.25, -0.2) is 13.2 Å². The highest BCUT2D eigenvalue weighted by atomic mass is 35.5. The fourth-order valence-electron chi connectivity index (χ4n) is 4.13. The average molecular weight is 551 g/mol. The Morgan fingerprint density at radius 2 is 1.50 bits per heavy atom. The van der Waals surface area contributed by atoms with E-state index in [2.05, 4.69) is 9.71 Å². The quantitative estimate of drug-likeness (QED) is 0.387. The number of piperazine rings is 1. The zero-order valence-corrected chi connectivity index (χ0v) is 21.7. The number of amides is 2. The Hall–Kier alpha value is -4.15. The molecule has 0 atom stereocenters. The Bertz CT molecular complexity index is 1580. The van der Waals surface area contributed by atoms with Gasteiger partial charge >= 0.3 is 6.09 Å². The number of rotatable bonds is 5. The minimum Gasteiger partial charge on any atom is -0.410 e. The molecule has 9 nitrogen and oxygen atoms in total. The molecule has 1 aliphatic rings. The van der Waals surface area contributed by atoms with E-state index in [0.717, 1.165) is 5.39 Å². The fourth-order valence-corrected chi connectivity index (χ4v) is 5.49. The second kappa shape index (κ2) is 10.7. The van der Waals surface area contributed by atoms with Crippen molar-refractivity contribution in [3.63, 3.8) is 0 Å². The summed E-state index contributed by atoms with van der Waals surface area (Å²) in [5, 5.41) is 1.26. The molecular formula is C27H23ClN4O5S. The van der Waals surface area contributed by atoms with Crippen LogP contribution >= 0.6 is 11.6 Å². The van der Waals surface area contributed by atoms with Crippen LogP contribution in [0.25, 0.3) is 10.9 Å². The Balaban J connectivity index is 1.19. The van der Waals surface area contributed by atoms with Crippen LogP contribution in [0, 0.1) is 0 Å². The first-order valence-electron chi connectivity index (χ1n) is 11.8. The molecule has 194 valence electrons. The number of aromatic nitrogens is 1. The molecule has 0 aliphatic carbocycles. The summed E-state index contributed by atoms with van der Waals surface area (Å²) < 4.78 is 34.0. The van der Waals surface area contributed by atoms with Crippen LogP contribution in [0.1, 0.15) is 10.4 Å². The summed E-state index contributed by atoms with van der Waals surface area (Å²) in [6.45, 7) is 1.35. The van der Waals surface area contributed by atoms with Crippen molar-refractivity contribution in [1.82, 2.24) is 14.8 Å². The molecule has 1 N–H and O–H groups in total. The van der Waals surface area contributed by atoms with Crippen LogP contribution in [-0.2, 0) is 10.0 Å². The van der Waals surface area contributed by atoms with Crippen LogP contribution < -0.4 is 9.46 Å². The molecule has 1 saturated heterocycles. The monoisotopic (exact) mass is 550 g/mol. The van der Waals surface area contributed by atoms with E-state index in [0.29, 0.717) is 53.7 Å². The summed E-state index contributed by atoms with van der Waals surface area (Å²) in [5.74, 6) is 0.189. The summed E-state index contributed by atoms with van der Waals surface area (Å²) in [6.07, 6.45) is 1.06. The molecule has 0 spiro atoms. The third-order valence-corrected chi connectivity index (χ3v) is 7.78. The molecule has 1 fully saturated rings. The van der Waals surface area contributed by atoms with Gasteiger partial charge in [0, 0.05) is 54.0 Å². The molecule has 4 aromatic rings. The van der Waals surface area contributed by atoms with Gasteiger partial charge in [-0.1, -0.05) is 29.8 Å². The zero-order valence-electron chi connectivity index (χ0n) is 20.1. The van der Waals surface area contributed by atoms with Crippen LogP contribution in [0.2, 0.25) is 5.02 Å². The zero-order chi connectivity index (χ0) is 26.7. The number of nitrogens with zero attached hydrogens (tertiary/aromatic N) is 3. The van der Waals surface area contributed by atoms with E-state index in [-0.39, 0.29) is 10.8 Å². The lowest BCUT2D eigenvalue weighted by molar-refractivity contribution is 0.0633. The van der Waals surface area contributed by atoms with E-state index in [9.17, 15) is 18.0 Å². The molecule has 0 radical (unpaired) electrons. The number of halogens is 1. The molecule has 38 heavy (non-hydrogen) atoms. The van der Waals surface area contributed by atoms with E-state index in [1.807, 2.05) is 0 Å². The lowest BCUT2D eigenvalue weighted by Gasteiger charge is -2.34. The van der Waals surface area contributed by atoms with Gasteiger partial charge < -0.3 is 14.5 Å². The summed E-state index contributed by atoms with van der Waals surface area (Å²) in [7, 11) is -3.90. The largest absolute Gasteiger partial charge is 0.415 e. The molecule has 1 aliphatic heterocycles. The number of sulfonamides is 1. The van der Waals surface area contributed by atoms with Crippen molar-refractivity contribution >= 4 is 50.2 Å². The Kier molecular flexibility index (Phi) is 7.17. The molecule has 2 amide bonds. The number of nitrogens with one attached hydrogen (secondary N) is 1. The number of hydrogen-bond donors (Lipinski definition) is 1. The molecule has 0 bridgehead atoms. The number of benzene rings is 3. The van der Waals surface area contributed by atoms with Crippen molar-refractivity contribution in [3.05, 3.63) is 95.6 Å². The number of para-hydroxylation sites is 1. The van der Waals surface area contributed by atoms with Crippen molar-refractivity contribution in [3.8, 4) is 5.75 Å². The van der Waals surface area contributed by atoms with E-state index >= 15 is 0 Å². The standard InChI is InChI=1S/C27H23ClN4O5S/c28-21-8-12-23(13-9-21)37-27(34)32-17-15-31(16-18-32)26(33)20-6-10-22(11-7-20)30-38(35,36)24-5-1-3-19-4-2-14-29-25(19)24/h1-14,30H,15-18H2. The fraction of sp³-hybridized carbons (Fsp3) is 0.148. The molecular weight excluding hydrogens is 528 g/mol. The minimum absolute atomic E-state index is 0.0724. The van der Waals surface area contributed by atoms with Gasteiger partial charge in [0.1, 0.15) is 10.6 Å². The normalized spacial score (nSPS) is 13.8. The number of anilines is 1. The molecule has 5 rings (SSSR count). The Morgan fingerprint density at radius 3 is 2.21 bits per heavy atom. The highest BCUT2D eigenvalue weighted by Crippen LogP contribution is 2.24. The number of carbonyl (C=O) groups is 2. The lowest BCUT2D eigenvalue weighted by atomic mass is 10.1. The highest BCUT2D eigenvalue weighted by molar-refractivity contribution is 7.93. The number of pyridine rings is 1. The van der Waals surface area contributed by atoms with E-state index in [1.165, 1.54) is 6.07 Å². The second-order valence-corrected chi connectivity index (χ2v) is 10.7. The van der Waals surface area contributed by atoms with Gasteiger partial charge in [0.2, 0.25) is 0 Å². The van der Waals surface area contributed by atoms with Gasteiger partial charge in [0.25, 0.3) is 15.9 Å². The van der Waals surface area contributed by atoms with Gasteiger partial charge in [-0.3, -0.25) is 14.5 Å². The number of hydrogen-bond acceptors (Lipinski definition) is 6. The van der Waals surface area contributed by atoms with Crippen molar-refractivity contribution in [2.45, 2.75) is 4.90 Å². The van der Waals surface area contributed by atoms with Crippen molar-refractivity contribution in [1.29, 1.82) is 0 Å². The summed E-state index contributed by atoms with van der Waals surface area (Å²) in [4.78, 5) is 32.9. The van der Waals surface area contributed by atoms with E-state index < -0.39 is 16.1 Å². The summed E-state index contributed by atoms with van der Waals surface area (Å²) in [5.41, 5.74) is 1.12. The van der Waals surface area contributed by atoms with Gasteiger partial charge in [0.15, 0.2) is 0 Å². The molecule has 0 saturated carbocycles. The maximum Gasteiger partial charge on any atom is 0.415 e. The number of fused-ring (bicyclic) bond motifs is 1. The first-order valence-corrected chi connectivity index (χ1v) is 13.6. The third kappa shape index (κ3) is 5.56. The first kappa shape index (κ1) is 25.5. The summed E-state index contributed by atoms with van der Waals surface area (Å²) in [6, 6.07) is 21.2. The number of ether oxygens (including phenoxy) is 1. The van der Waals surface area contributed by atoms with Crippen LogP contribution in [0.15, 0.2) is 90.0 Å². The SMILES string of the molecule is O=C(Oc1ccc(Cl)cc1)N1CCN(C(=O)c2ccc(NS(=O)(=O)c3cccc4cccnc34)cc2)CC1. The topological polar surface area (TPSA) is 109 Å². The summed E-state index contributed by atoms with van der Waals surface area (Å²) >= 11 is 5.85. The smallest absolute Gasteiger partial charge is 0.410 e. The predicted octanol–water partition coefficient (Wildman–Crippen LogP) is 4.65. The minimum atomic E-state index is -3.90. The average Bonchev–Trinajstić information content (AvgIpc) is 2.94. The lowest BCUT2D eigenvalue weighted by Crippen LogP contribution is -2.51. The maximum absolute atomic E-state index is 13.0. The van der Waals surface area contributed by atoms with Crippen molar-refractivity contribution < 1.29 is 22.7 Å². The van der Waals surface area contributed by atoms with Gasteiger partial charge in [-0.15, -0.1) is 0 Å². The van der Waals surface area contributed by atoms with Crippen LogP contribution in [0.3, 0.4) is 0 Å². The predicted molar refractivity (Wildman–Crippen MR) is 144 cm³/mol. The van der Waals surface area contributed by atoms with Gasteiger partial charge in [-0.2, -0.15) is 0 Å². The molecule has 1 aromatic heterocycles. The molecule has 0 unspecified atom stereocenters. The van der Waals surface area contributed by atoms with E-state index in [4.69, 9.17) is 16.3 Å². The second-order valence-electron chi connectivity index (χ2n) is 8.62. The van der Waals surface area contributed by atoms with Crippen LogP contribution in [0.4, 0.5) is 10.5 Å².